The first-order chi connectivity index (χ1) is 9.16. The number of hydrogen-bond acceptors (Lipinski definition) is 1. The number of halogens is 1. The average molecular weight is 270 g/mol. The molecular formula is C16H12ClNO. The summed E-state index contributed by atoms with van der Waals surface area (Å²) in [6.07, 6.45) is 0. The van der Waals surface area contributed by atoms with Crippen molar-refractivity contribution in [3.8, 4) is 11.1 Å². The van der Waals surface area contributed by atoms with Gasteiger partial charge in [0, 0.05) is 10.6 Å². The Morgan fingerprint density at radius 3 is 2.53 bits per heavy atom. The monoisotopic (exact) mass is 269 g/mol. The maximum atomic E-state index is 12.2. The van der Waals surface area contributed by atoms with Crippen LogP contribution in [0, 0.1) is 6.92 Å². The second-order valence-corrected chi connectivity index (χ2v) is 4.92. The van der Waals surface area contributed by atoms with E-state index in [2.05, 4.69) is 4.98 Å². The highest BCUT2D eigenvalue weighted by atomic mass is 35.5. The molecule has 2 nitrogen and oxygen atoms in total. The van der Waals surface area contributed by atoms with Gasteiger partial charge in [0.15, 0.2) is 0 Å². The molecular weight excluding hydrogens is 258 g/mol. The highest BCUT2D eigenvalue weighted by Crippen LogP contribution is 2.25. The summed E-state index contributed by atoms with van der Waals surface area (Å²) in [5.74, 6) is 0. The van der Waals surface area contributed by atoms with Crippen LogP contribution in [0.4, 0.5) is 0 Å². The lowest BCUT2D eigenvalue weighted by Gasteiger charge is -2.07. The standard InChI is InChI=1S/C16H12ClNO/c1-10-14(17)8-7-12-9-13(16(19)18-15(10)12)11-5-3-2-4-6-11/h2-9H,1H3,(H,18,19). The Morgan fingerprint density at radius 1 is 1.05 bits per heavy atom. The first-order valence-corrected chi connectivity index (χ1v) is 6.42. The zero-order valence-corrected chi connectivity index (χ0v) is 11.2. The van der Waals surface area contributed by atoms with Crippen molar-refractivity contribution < 1.29 is 0 Å². The van der Waals surface area contributed by atoms with E-state index in [0.717, 1.165) is 22.0 Å². The van der Waals surface area contributed by atoms with Gasteiger partial charge >= 0.3 is 0 Å². The Hall–Kier alpha value is -2.06. The van der Waals surface area contributed by atoms with Gasteiger partial charge in [-0.15, -0.1) is 0 Å². The number of aromatic amines is 1. The molecule has 3 rings (SSSR count). The minimum atomic E-state index is -0.0935. The van der Waals surface area contributed by atoms with Crippen LogP contribution < -0.4 is 5.56 Å². The number of aromatic nitrogens is 1. The molecule has 1 heterocycles. The van der Waals surface area contributed by atoms with Crippen LogP contribution in [0.5, 0.6) is 0 Å². The van der Waals surface area contributed by atoms with Crippen molar-refractivity contribution in [3.63, 3.8) is 0 Å². The van der Waals surface area contributed by atoms with Crippen LogP contribution in [0.2, 0.25) is 5.02 Å². The van der Waals surface area contributed by atoms with Gasteiger partial charge in [0.25, 0.3) is 5.56 Å². The molecule has 0 saturated heterocycles. The van der Waals surface area contributed by atoms with Crippen LogP contribution in [0.3, 0.4) is 0 Å². The van der Waals surface area contributed by atoms with Gasteiger partial charge in [0.2, 0.25) is 0 Å². The summed E-state index contributed by atoms with van der Waals surface area (Å²) in [7, 11) is 0. The highest BCUT2D eigenvalue weighted by Gasteiger charge is 2.08. The zero-order chi connectivity index (χ0) is 13.4. The molecule has 1 aromatic heterocycles. The fourth-order valence-electron chi connectivity index (χ4n) is 2.23. The molecule has 0 unspecified atom stereocenters. The van der Waals surface area contributed by atoms with Gasteiger partial charge in [0.1, 0.15) is 0 Å². The van der Waals surface area contributed by atoms with E-state index in [0.29, 0.717) is 10.6 Å². The Balaban J connectivity index is 2.33. The summed E-state index contributed by atoms with van der Waals surface area (Å²) in [4.78, 5) is 15.1. The lowest BCUT2D eigenvalue weighted by molar-refractivity contribution is 1.28. The third-order valence-corrected chi connectivity index (χ3v) is 3.71. The number of rotatable bonds is 1. The minimum absolute atomic E-state index is 0.0935. The molecule has 2 aromatic carbocycles. The van der Waals surface area contributed by atoms with Crippen LogP contribution in [0.25, 0.3) is 22.0 Å². The normalized spacial score (nSPS) is 10.8. The molecule has 0 spiro atoms. The van der Waals surface area contributed by atoms with E-state index in [9.17, 15) is 4.79 Å². The summed E-state index contributed by atoms with van der Waals surface area (Å²) < 4.78 is 0. The number of pyridine rings is 1. The van der Waals surface area contributed by atoms with Crippen molar-refractivity contribution in [2.24, 2.45) is 0 Å². The summed E-state index contributed by atoms with van der Waals surface area (Å²) in [5.41, 5.74) is 3.20. The van der Waals surface area contributed by atoms with Crippen molar-refractivity contribution in [1.29, 1.82) is 0 Å². The molecule has 19 heavy (non-hydrogen) atoms. The van der Waals surface area contributed by atoms with Gasteiger partial charge < -0.3 is 4.98 Å². The Labute approximate surface area is 115 Å². The highest BCUT2D eigenvalue weighted by molar-refractivity contribution is 6.32. The average Bonchev–Trinajstić information content (AvgIpc) is 2.44. The van der Waals surface area contributed by atoms with Crippen molar-refractivity contribution in [2.75, 3.05) is 0 Å². The van der Waals surface area contributed by atoms with Gasteiger partial charge in [0.05, 0.1) is 5.52 Å². The molecule has 0 atom stereocenters. The smallest absolute Gasteiger partial charge is 0.256 e. The SMILES string of the molecule is Cc1c(Cl)ccc2cc(-c3ccccc3)c(=O)[nH]c12. The Bertz CT molecular complexity index is 806. The third-order valence-electron chi connectivity index (χ3n) is 3.30. The summed E-state index contributed by atoms with van der Waals surface area (Å²) in [5, 5.41) is 1.65. The van der Waals surface area contributed by atoms with Gasteiger partial charge in [-0.1, -0.05) is 48.0 Å². The Morgan fingerprint density at radius 2 is 1.79 bits per heavy atom. The van der Waals surface area contributed by atoms with Gasteiger partial charge in [-0.3, -0.25) is 4.79 Å². The zero-order valence-electron chi connectivity index (χ0n) is 10.4. The predicted octanol–water partition coefficient (Wildman–Crippen LogP) is 4.16. The van der Waals surface area contributed by atoms with E-state index in [1.807, 2.05) is 55.5 Å². The fraction of sp³-hybridized carbons (Fsp3) is 0.0625. The van der Waals surface area contributed by atoms with Gasteiger partial charge in [-0.25, -0.2) is 0 Å². The first kappa shape index (κ1) is 12.0. The largest absolute Gasteiger partial charge is 0.321 e. The molecule has 0 saturated carbocycles. The Kier molecular flexibility index (Phi) is 2.88. The lowest BCUT2D eigenvalue weighted by Crippen LogP contribution is -2.09. The topological polar surface area (TPSA) is 32.9 Å². The van der Waals surface area contributed by atoms with Crippen LogP contribution in [0.15, 0.2) is 53.3 Å². The van der Waals surface area contributed by atoms with Crippen LogP contribution in [0.1, 0.15) is 5.56 Å². The number of nitrogens with one attached hydrogen (secondary N) is 1. The molecule has 0 radical (unpaired) electrons. The molecule has 3 heteroatoms. The maximum absolute atomic E-state index is 12.2. The van der Waals surface area contributed by atoms with E-state index in [1.54, 1.807) is 0 Å². The van der Waals surface area contributed by atoms with E-state index >= 15 is 0 Å². The van der Waals surface area contributed by atoms with Crippen molar-refractivity contribution in [3.05, 3.63) is 69.5 Å². The molecule has 0 aliphatic heterocycles. The summed E-state index contributed by atoms with van der Waals surface area (Å²) in [6, 6.07) is 15.3. The van der Waals surface area contributed by atoms with E-state index in [1.165, 1.54) is 0 Å². The number of fused-ring (bicyclic) bond motifs is 1. The van der Waals surface area contributed by atoms with E-state index < -0.39 is 0 Å². The summed E-state index contributed by atoms with van der Waals surface area (Å²) in [6.45, 7) is 1.91. The van der Waals surface area contributed by atoms with E-state index in [4.69, 9.17) is 11.6 Å². The molecule has 0 aliphatic rings. The molecule has 0 aliphatic carbocycles. The lowest BCUT2D eigenvalue weighted by atomic mass is 10.0. The first-order valence-electron chi connectivity index (χ1n) is 6.04. The van der Waals surface area contributed by atoms with Gasteiger partial charge in [-0.05, 0) is 35.6 Å². The van der Waals surface area contributed by atoms with E-state index in [-0.39, 0.29) is 5.56 Å². The van der Waals surface area contributed by atoms with Crippen LogP contribution in [-0.2, 0) is 0 Å². The van der Waals surface area contributed by atoms with Crippen molar-refractivity contribution in [2.45, 2.75) is 6.92 Å². The molecule has 0 amide bonds. The molecule has 3 aromatic rings. The maximum Gasteiger partial charge on any atom is 0.256 e. The molecule has 94 valence electrons. The number of hydrogen-bond donors (Lipinski definition) is 1. The number of aryl methyl sites for hydroxylation is 1. The minimum Gasteiger partial charge on any atom is -0.321 e. The molecule has 0 fully saturated rings. The fourth-order valence-corrected chi connectivity index (χ4v) is 2.38. The number of benzene rings is 2. The summed E-state index contributed by atoms with van der Waals surface area (Å²) >= 11 is 6.07. The van der Waals surface area contributed by atoms with Gasteiger partial charge in [-0.2, -0.15) is 0 Å². The second kappa shape index (κ2) is 4.56. The molecule has 1 N–H and O–H groups in total. The van der Waals surface area contributed by atoms with Crippen LogP contribution in [-0.4, -0.2) is 4.98 Å². The second-order valence-electron chi connectivity index (χ2n) is 4.51. The van der Waals surface area contributed by atoms with Crippen LogP contribution >= 0.6 is 11.6 Å². The third kappa shape index (κ3) is 2.04. The van der Waals surface area contributed by atoms with Crippen molar-refractivity contribution >= 4 is 22.5 Å². The molecule has 0 bridgehead atoms. The predicted molar refractivity (Wildman–Crippen MR) is 79.8 cm³/mol. The van der Waals surface area contributed by atoms with Crippen molar-refractivity contribution in [1.82, 2.24) is 4.98 Å². The quantitative estimate of drug-likeness (QED) is 0.707. The number of H-pyrrole nitrogens is 1.